The largest absolute Gasteiger partial charge is 0.311 e. The van der Waals surface area contributed by atoms with Crippen LogP contribution in [0.15, 0.2) is 0 Å². The van der Waals surface area contributed by atoms with Crippen LogP contribution < -0.4 is 5.32 Å². The third-order valence-electron chi connectivity index (χ3n) is 3.91. The van der Waals surface area contributed by atoms with Crippen LogP contribution in [-0.2, 0) is 10.8 Å². The Morgan fingerprint density at radius 2 is 2.19 bits per heavy atom. The molecule has 2 aliphatic heterocycles. The molecule has 3 atom stereocenters. The van der Waals surface area contributed by atoms with Crippen LogP contribution in [0.5, 0.6) is 0 Å². The first-order valence-corrected chi connectivity index (χ1v) is 8.12. The van der Waals surface area contributed by atoms with Crippen LogP contribution in [0.3, 0.4) is 0 Å². The number of rotatable bonds is 5. The van der Waals surface area contributed by atoms with Crippen molar-refractivity contribution in [3.63, 3.8) is 0 Å². The predicted octanol–water partition coefficient (Wildman–Crippen LogP) is 0.971. The zero-order chi connectivity index (χ0) is 11.4. The molecule has 2 rings (SSSR count). The summed E-state index contributed by atoms with van der Waals surface area (Å²) in [6.07, 6.45) is 5.40. The van der Waals surface area contributed by atoms with E-state index in [0.717, 1.165) is 24.1 Å². The summed E-state index contributed by atoms with van der Waals surface area (Å²) >= 11 is 0. The first kappa shape index (κ1) is 12.5. The zero-order valence-corrected chi connectivity index (χ0v) is 11.1. The molecule has 0 radical (unpaired) electrons. The lowest BCUT2D eigenvalue weighted by Gasteiger charge is -2.32. The molecule has 0 aromatic heterocycles. The van der Waals surface area contributed by atoms with Crippen molar-refractivity contribution in [3.05, 3.63) is 0 Å². The van der Waals surface area contributed by atoms with Gasteiger partial charge in [0, 0.05) is 47.5 Å². The number of hydrogen-bond acceptors (Lipinski definition) is 3. The van der Waals surface area contributed by atoms with Crippen LogP contribution in [-0.4, -0.2) is 52.3 Å². The van der Waals surface area contributed by atoms with Crippen molar-refractivity contribution in [3.8, 4) is 0 Å². The fourth-order valence-corrected chi connectivity index (χ4v) is 3.62. The second-order valence-corrected chi connectivity index (χ2v) is 6.75. The Morgan fingerprint density at radius 1 is 1.31 bits per heavy atom. The highest BCUT2D eigenvalue weighted by Crippen LogP contribution is 2.26. The summed E-state index contributed by atoms with van der Waals surface area (Å²) in [5.41, 5.74) is 0. The monoisotopic (exact) mass is 244 g/mol. The average molecular weight is 244 g/mol. The van der Waals surface area contributed by atoms with E-state index in [-0.39, 0.29) is 0 Å². The number of piperidine rings is 1. The van der Waals surface area contributed by atoms with Crippen molar-refractivity contribution < 1.29 is 4.21 Å². The van der Waals surface area contributed by atoms with Gasteiger partial charge in [-0.2, -0.15) is 0 Å². The topological polar surface area (TPSA) is 32.3 Å². The molecular weight excluding hydrogens is 220 g/mol. The highest BCUT2D eigenvalue weighted by molar-refractivity contribution is 7.84. The van der Waals surface area contributed by atoms with Gasteiger partial charge in [-0.15, -0.1) is 0 Å². The van der Waals surface area contributed by atoms with Gasteiger partial charge < -0.3 is 5.32 Å². The van der Waals surface area contributed by atoms with Gasteiger partial charge >= 0.3 is 0 Å². The molecule has 16 heavy (non-hydrogen) atoms. The Balaban J connectivity index is 1.71. The highest BCUT2D eigenvalue weighted by Gasteiger charge is 2.34. The van der Waals surface area contributed by atoms with Gasteiger partial charge in [-0.3, -0.25) is 9.11 Å². The molecule has 0 aromatic rings. The summed E-state index contributed by atoms with van der Waals surface area (Å²) in [6, 6.07) is 1.43. The molecule has 0 amide bonds. The minimum atomic E-state index is -0.613. The summed E-state index contributed by atoms with van der Waals surface area (Å²) < 4.78 is 11.3. The smallest absolute Gasteiger partial charge is 0.0360 e. The van der Waals surface area contributed by atoms with Gasteiger partial charge in [-0.25, -0.2) is 0 Å². The fourth-order valence-electron chi connectivity index (χ4n) is 2.99. The minimum Gasteiger partial charge on any atom is -0.311 e. The molecule has 94 valence electrons. The number of nitrogens with zero attached hydrogens (tertiary/aromatic N) is 1. The summed E-state index contributed by atoms with van der Waals surface area (Å²) in [5, 5.41) is 3.61. The summed E-state index contributed by atoms with van der Waals surface area (Å²) in [4.78, 5) is 2.64. The van der Waals surface area contributed by atoms with Crippen molar-refractivity contribution in [2.45, 2.75) is 44.7 Å². The van der Waals surface area contributed by atoms with E-state index >= 15 is 0 Å². The predicted molar refractivity (Wildman–Crippen MR) is 69.2 cm³/mol. The van der Waals surface area contributed by atoms with Gasteiger partial charge in [-0.05, 0) is 25.8 Å². The molecule has 3 nitrogen and oxygen atoms in total. The van der Waals surface area contributed by atoms with Crippen LogP contribution in [0, 0.1) is 0 Å². The van der Waals surface area contributed by atoms with Crippen LogP contribution in [0.2, 0.25) is 0 Å². The Bertz CT molecular complexity index is 247. The molecule has 0 spiro atoms. The van der Waals surface area contributed by atoms with E-state index in [1.54, 1.807) is 0 Å². The minimum absolute atomic E-state index is 0.613. The molecule has 2 aliphatic rings. The molecule has 0 aromatic carbocycles. The SMILES string of the molecule is CCS(=O)CCNC1CCN2CCCCC12. The second kappa shape index (κ2) is 6.12. The Labute approximate surface area is 101 Å². The third kappa shape index (κ3) is 3.05. The van der Waals surface area contributed by atoms with Crippen molar-refractivity contribution in [1.29, 1.82) is 0 Å². The van der Waals surface area contributed by atoms with Gasteiger partial charge in [0.1, 0.15) is 0 Å². The van der Waals surface area contributed by atoms with Gasteiger partial charge in [0.2, 0.25) is 0 Å². The van der Waals surface area contributed by atoms with Gasteiger partial charge in [0.25, 0.3) is 0 Å². The molecule has 4 heteroatoms. The number of fused-ring (bicyclic) bond motifs is 1. The maximum atomic E-state index is 11.3. The van der Waals surface area contributed by atoms with Gasteiger partial charge in [0.15, 0.2) is 0 Å². The molecule has 2 fully saturated rings. The van der Waals surface area contributed by atoms with E-state index in [1.165, 1.54) is 38.8 Å². The first-order valence-electron chi connectivity index (χ1n) is 6.63. The van der Waals surface area contributed by atoms with E-state index < -0.39 is 10.8 Å². The quantitative estimate of drug-likeness (QED) is 0.782. The summed E-state index contributed by atoms with van der Waals surface area (Å²) in [7, 11) is -0.613. The van der Waals surface area contributed by atoms with Gasteiger partial charge in [-0.1, -0.05) is 13.3 Å². The highest BCUT2D eigenvalue weighted by atomic mass is 32.2. The van der Waals surface area contributed by atoms with Crippen molar-refractivity contribution in [1.82, 2.24) is 10.2 Å². The molecule has 0 bridgehead atoms. The lowest BCUT2D eigenvalue weighted by molar-refractivity contribution is 0.181. The number of hydrogen-bond donors (Lipinski definition) is 1. The molecule has 0 aliphatic carbocycles. The van der Waals surface area contributed by atoms with Crippen molar-refractivity contribution in [2.24, 2.45) is 0 Å². The van der Waals surface area contributed by atoms with E-state index in [4.69, 9.17) is 0 Å². The van der Waals surface area contributed by atoms with Crippen LogP contribution in [0.1, 0.15) is 32.6 Å². The fraction of sp³-hybridized carbons (Fsp3) is 1.00. The molecule has 0 saturated carbocycles. The molecular formula is C12H24N2OS. The first-order chi connectivity index (χ1) is 7.81. The average Bonchev–Trinajstić information content (AvgIpc) is 2.73. The standard InChI is InChI=1S/C12H24N2OS/c1-2-16(15)10-7-13-11-6-9-14-8-4-3-5-12(11)14/h11-13H,2-10H2,1H3. The van der Waals surface area contributed by atoms with E-state index in [1.807, 2.05) is 6.92 Å². The van der Waals surface area contributed by atoms with Crippen LogP contribution in [0.25, 0.3) is 0 Å². The Morgan fingerprint density at radius 3 is 3.00 bits per heavy atom. The molecule has 3 unspecified atom stereocenters. The van der Waals surface area contributed by atoms with Crippen LogP contribution in [0.4, 0.5) is 0 Å². The van der Waals surface area contributed by atoms with E-state index in [0.29, 0.717) is 6.04 Å². The normalized spacial score (nSPS) is 32.6. The summed E-state index contributed by atoms with van der Waals surface area (Å²) in [6.45, 7) is 5.48. The van der Waals surface area contributed by atoms with E-state index in [2.05, 4.69) is 10.2 Å². The lowest BCUT2D eigenvalue weighted by Crippen LogP contribution is -2.45. The maximum absolute atomic E-state index is 11.3. The molecule has 2 heterocycles. The van der Waals surface area contributed by atoms with Gasteiger partial charge in [0.05, 0.1) is 0 Å². The Hall–Kier alpha value is 0.0700. The summed E-state index contributed by atoms with van der Waals surface area (Å²) in [5.74, 6) is 1.61. The van der Waals surface area contributed by atoms with Crippen molar-refractivity contribution in [2.75, 3.05) is 31.1 Å². The molecule has 1 N–H and O–H groups in total. The third-order valence-corrected chi connectivity index (χ3v) is 5.22. The van der Waals surface area contributed by atoms with Crippen LogP contribution >= 0.6 is 0 Å². The second-order valence-electron chi connectivity index (χ2n) is 4.88. The van der Waals surface area contributed by atoms with E-state index in [9.17, 15) is 4.21 Å². The maximum Gasteiger partial charge on any atom is 0.0360 e. The Kier molecular flexibility index (Phi) is 4.79. The molecule has 2 saturated heterocycles. The zero-order valence-electron chi connectivity index (χ0n) is 10.3. The van der Waals surface area contributed by atoms with Crippen molar-refractivity contribution >= 4 is 10.8 Å². The lowest BCUT2D eigenvalue weighted by atomic mass is 9.99. The number of nitrogens with one attached hydrogen (secondary N) is 1.